The average Bonchev–Trinajstić information content (AvgIpc) is 2.65. The third-order valence-corrected chi connectivity index (χ3v) is 5.78. The van der Waals surface area contributed by atoms with Crippen LogP contribution in [0.3, 0.4) is 0 Å². The molecule has 1 aromatic rings. The van der Waals surface area contributed by atoms with Crippen molar-refractivity contribution in [2.24, 2.45) is 0 Å². The van der Waals surface area contributed by atoms with Crippen LogP contribution in [0.4, 0.5) is 0 Å². The summed E-state index contributed by atoms with van der Waals surface area (Å²) in [5.41, 5.74) is 0. The minimum absolute atomic E-state index is 0.0127. The summed E-state index contributed by atoms with van der Waals surface area (Å²) >= 11 is 12.5. The van der Waals surface area contributed by atoms with Crippen LogP contribution in [0.1, 0.15) is 6.42 Å². The molecule has 5 nitrogen and oxygen atoms in total. The number of halogens is 2. The van der Waals surface area contributed by atoms with Crippen LogP contribution in [-0.4, -0.2) is 39.4 Å². The van der Waals surface area contributed by atoms with Gasteiger partial charge in [0.25, 0.3) is 0 Å². The molecule has 18 heavy (non-hydrogen) atoms. The molecule has 0 aromatic carbocycles. The second kappa shape index (κ2) is 6.21. The Hall–Kier alpha value is -0.340. The fourth-order valence-corrected chi connectivity index (χ4v) is 4.42. The molecular weight excluding hydrogens is 321 g/mol. The minimum atomic E-state index is -3.73. The first kappa shape index (κ1) is 15.7. The average molecular weight is 332 g/mol. The van der Waals surface area contributed by atoms with Crippen molar-refractivity contribution in [3.05, 3.63) is 14.7 Å². The lowest BCUT2D eigenvalue weighted by Gasteiger charge is -2.15. The molecule has 0 atom stereocenters. The van der Waals surface area contributed by atoms with E-state index in [0.717, 1.165) is 15.6 Å². The second-order valence-corrected chi connectivity index (χ2v) is 7.64. The lowest BCUT2D eigenvalue weighted by molar-refractivity contribution is -0.140. The SMILES string of the molecule is COC(=O)CCN(C)S(=O)(=O)c1cc(Cl)sc1Cl. The summed E-state index contributed by atoms with van der Waals surface area (Å²) in [5, 5.41) is 0. The molecule has 0 fully saturated rings. The number of rotatable bonds is 5. The van der Waals surface area contributed by atoms with Gasteiger partial charge in [-0.3, -0.25) is 4.79 Å². The zero-order chi connectivity index (χ0) is 13.9. The zero-order valence-electron chi connectivity index (χ0n) is 9.64. The maximum Gasteiger partial charge on any atom is 0.306 e. The van der Waals surface area contributed by atoms with Gasteiger partial charge in [-0.25, -0.2) is 12.7 Å². The molecule has 0 aliphatic rings. The molecule has 0 bridgehead atoms. The third-order valence-electron chi connectivity index (χ3n) is 2.17. The number of carbonyl (C=O) groups is 1. The normalized spacial score (nSPS) is 11.8. The molecule has 0 saturated carbocycles. The Bertz CT molecular complexity index is 541. The topological polar surface area (TPSA) is 63.7 Å². The predicted molar refractivity (Wildman–Crippen MR) is 70.8 cm³/mol. The molecule has 0 unspecified atom stereocenters. The Morgan fingerprint density at radius 2 is 2.11 bits per heavy atom. The Morgan fingerprint density at radius 1 is 1.50 bits per heavy atom. The standard InChI is InChI=1S/C9H11Cl2NO4S2/c1-12(4-3-8(13)16-2)18(14,15)6-5-7(10)17-9(6)11/h5H,3-4H2,1-2H3. The van der Waals surface area contributed by atoms with Crippen molar-refractivity contribution in [3.8, 4) is 0 Å². The van der Waals surface area contributed by atoms with E-state index < -0.39 is 16.0 Å². The highest BCUT2D eigenvalue weighted by atomic mass is 35.5. The molecule has 1 rings (SSSR count). The highest BCUT2D eigenvalue weighted by Gasteiger charge is 2.26. The van der Waals surface area contributed by atoms with Gasteiger partial charge in [-0.1, -0.05) is 23.2 Å². The van der Waals surface area contributed by atoms with Gasteiger partial charge >= 0.3 is 5.97 Å². The van der Waals surface area contributed by atoms with Crippen LogP contribution in [-0.2, 0) is 19.6 Å². The van der Waals surface area contributed by atoms with Crippen LogP contribution in [0.5, 0.6) is 0 Å². The molecular formula is C9H11Cl2NO4S2. The van der Waals surface area contributed by atoms with Crippen molar-refractivity contribution in [1.82, 2.24) is 4.31 Å². The molecule has 0 aliphatic carbocycles. The maximum atomic E-state index is 12.1. The number of carbonyl (C=O) groups excluding carboxylic acids is 1. The van der Waals surface area contributed by atoms with Crippen molar-refractivity contribution in [2.75, 3.05) is 20.7 Å². The molecule has 0 N–H and O–H groups in total. The highest BCUT2D eigenvalue weighted by molar-refractivity contribution is 7.89. The van der Waals surface area contributed by atoms with E-state index in [4.69, 9.17) is 23.2 Å². The molecule has 0 amide bonds. The smallest absolute Gasteiger partial charge is 0.306 e. The highest BCUT2D eigenvalue weighted by Crippen LogP contribution is 2.35. The molecule has 9 heteroatoms. The Balaban J connectivity index is 2.87. The summed E-state index contributed by atoms with van der Waals surface area (Å²) in [6.45, 7) is 0.0127. The number of esters is 1. The summed E-state index contributed by atoms with van der Waals surface area (Å²) in [5.74, 6) is -0.480. The summed E-state index contributed by atoms with van der Waals surface area (Å²) < 4.78 is 30.1. The van der Waals surface area contributed by atoms with E-state index in [1.54, 1.807) is 0 Å². The van der Waals surface area contributed by atoms with Gasteiger partial charge in [0.15, 0.2) is 0 Å². The van der Waals surface area contributed by atoms with Crippen LogP contribution in [0.2, 0.25) is 8.67 Å². The van der Waals surface area contributed by atoms with Crippen LogP contribution in [0.25, 0.3) is 0 Å². The van der Waals surface area contributed by atoms with Crippen molar-refractivity contribution in [1.29, 1.82) is 0 Å². The van der Waals surface area contributed by atoms with E-state index in [0.29, 0.717) is 4.34 Å². The summed E-state index contributed by atoms with van der Waals surface area (Å²) in [7, 11) is -1.13. The van der Waals surface area contributed by atoms with Gasteiger partial charge in [-0.15, -0.1) is 11.3 Å². The summed E-state index contributed by atoms with van der Waals surface area (Å²) in [6.07, 6.45) is -0.0261. The molecule has 1 heterocycles. The molecule has 0 aliphatic heterocycles. The van der Waals surface area contributed by atoms with Gasteiger partial charge in [0, 0.05) is 13.6 Å². The van der Waals surface area contributed by atoms with Gasteiger partial charge in [0.05, 0.1) is 17.9 Å². The number of thiophene rings is 1. The Morgan fingerprint density at radius 3 is 2.56 bits per heavy atom. The zero-order valence-corrected chi connectivity index (χ0v) is 12.8. The van der Waals surface area contributed by atoms with Crippen LogP contribution >= 0.6 is 34.5 Å². The van der Waals surface area contributed by atoms with Crippen molar-refractivity contribution in [2.45, 2.75) is 11.3 Å². The number of hydrogen-bond donors (Lipinski definition) is 0. The molecule has 0 radical (unpaired) electrons. The molecule has 0 spiro atoms. The Labute approximate surface area is 119 Å². The van der Waals surface area contributed by atoms with Crippen molar-refractivity contribution >= 4 is 50.5 Å². The predicted octanol–water partition coefficient (Wildman–Crippen LogP) is 2.24. The first-order chi connectivity index (χ1) is 8.28. The van der Waals surface area contributed by atoms with E-state index >= 15 is 0 Å². The largest absolute Gasteiger partial charge is 0.469 e. The fourth-order valence-electron chi connectivity index (χ4n) is 1.14. The number of sulfonamides is 1. The number of ether oxygens (including phenoxy) is 1. The van der Waals surface area contributed by atoms with E-state index in [-0.39, 0.29) is 22.2 Å². The molecule has 1 aromatic heterocycles. The van der Waals surface area contributed by atoms with Gasteiger partial charge in [0.2, 0.25) is 10.0 Å². The van der Waals surface area contributed by atoms with Gasteiger partial charge in [-0.2, -0.15) is 0 Å². The minimum Gasteiger partial charge on any atom is -0.469 e. The monoisotopic (exact) mass is 331 g/mol. The van der Waals surface area contributed by atoms with Crippen LogP contribution < -0.4 is 0 Å². The van der Waals surface area contributed by atoms with Gasteiger partial charge in [0.1, 0.15) is 9.23 Å². The first-order valence-corrected chi connectivity index (χ1v) is 7.78. The van der Waals surface area contributed by atoms with E-state index in [1.807, 2.05) is 0 Å². The van der Waals surface area contributed by atoms with E-state index in [2.05, 4.69) is 4.74 Å². The quantitative estimate of drug-likeness (QED) is 0.776. The summed E-state index contributed by atoms with van der Waals surface area (Å²) in [4.78, 5) is 10.9. The van der Waals surface area contributed by atoms with E-state index in [1.165, 1.54) is 20.2 Å². The number of methoxy groups -OCH3 is 1. The van der Waals surface area contributed by atoms with Gasteiger partial charge in [-0.05, 0) is 6.07 Å². The lowest BCUT2D eigenvalue weighted by Crippen LogP contribution is -2.29. The third kappa shape index (κ3) is 3.58. The number of hydrogen-bond acceptors (Lipinski definition) is 5. The van der Waals surface area contributed by atoms with Gasteiger partial charge < -0.3 is 4.74 Å². The Kier molecular flexibility index (Phi) is 5.42. The molecule has 0 saturated heterocycles. The first-order valence-electron chi connectivity index (χ1n) is 4.77. The van der Waals surface area contributed by atoms with E-state index in [9.17, 15) is 13.2 Å². The van der Waals surface area contributed by atoms with Crippen LogP contribution in [0.15, 0.2) is 11.0 Å². The summed E-state index contributed by atoms with van der Waals surface area (Å²) in [6, 6.07) is 1.29. The fraction of sp³-hybridized carbons (Fsp3) is 0.444. The molecule has 102 valence electrons. The second-order valence-electron chi connectivity index (χ2n) is 3.34. The number of nitrogens with zero attached hydrogens (tertiary/aromatic N) is 1. The van der Waals surface area contributed by atoms with Crippen LogP contribution in [0, 0.1) is 0 Å². The lowest BCUT2D eigenvalue weighted by atomic mass is 10.4. The van der Waals surface area contributed by atoms with Crippen molar-refractivity contribution in [3.63, 3.8) is 0 Å². The van der Waals surface area contributed by atoms with Crippen molar-refractivity contribution < 1.29 is 17.9 Å². The maximum absolute atomic E-state index is 12.1.